The summed E-state index contributed by atoms with van der Waals surface area (Å²) in [4.78, 5) is 25.2. The number of rotatable bonds is 8. The standard InChI is InChI=1S/C34H32FN7O3S/c1-46(44,45)38-17-20-11-23(13-25(35)12-20)32-28-16-31(40-29(28)9-10-37-32)33-27-15-22(7-8-30(27)41-42-33)24-14-26(19-36-18-24)39-34(43)21-5-3-2-4-6-21/h7-16,18-19,21,38,40H,2-6,17H2,1H3,(H,39,43)(H,41,42). The number of aromatic nitrogens is 5. The molecule has 12 heteroatoms. The lowest BCUT2D eigenvalue weighted by Crippen LogP contribution is -2.24. The van der Waals surface area contributed by atoms with Gasteiger partial charge in [-0.25, -0.2) is 17.5 Å². The van der Waals surface area contributed by atoms with Crippen molar-refractivity contribution in [2.24, 2.45) is 5.92 Å². The lowest BCUT2D eigenvalue weighted by Gasteiger charge is -2.20. The lowest BCUT2D eigenvalue weighted by molar-refractivity contribution is -0.120. The van der Waals surface area contributed by atoms with Gasteiger partial charge in [0.1, 0.15) is 11.5 Å². The molecule has 6 aromatic rings. The molecule has 1 fully saturated rings. The molecule has 4 heterocycles. The Kier molecular flexibility index (Phi) is 7.83. The molecule has 46 heavy (non-hydrogen) atoms. The van der Waals surface area contributed by atoms with Crippen LogP contribution in [0.3, 0.4) is 0 Å². The summed E-state index contributed by atoms with van der Waals surface area (Å²) in [5.41, 5.74) is 7.10. The van der Waals surface area contributed by atoms with Gasteiger partial charge in [-0.2, -0.15) is 5.10 Å². The highest BCUT2D eigenvalue weighted by Gasteiger charge is 2.21. The number of sulfonamides is 1. The Morgan fingerprint density at radius 2 is 1.74 bits per heavy atom. The van der Waals surface area contributed by atoms with Crippen LogP contribution >= 0.6 is 0 Å². The lowest BCUT2D eigenvalue weighted by atomic mass is 9.88. The number of fused-ring (bicyclic) bond motifs is 2. The van der Waals surface area contributed by atoms with Crippen LogP contribution in [0.5, 0.6) is 0 Å². The number of benzene rings is 2. The molecule has 1 saturated carbocycles. The molecular weight excluding hydrogens is 605 g/mol. The van der Waals surface area contributed by atoms with E-state index in [4.69, 9.17) is 0 Å². The third kappa shape index (κ3) is 6.26. The second-order valence-electron chi connectivity index (χ2n) is 11.9. The first kappa shape index (κ1) is 29.8. The summed E-state index contributed by atoms with van der Waals surface area (Å²) in [7, 11) is -3.44. The van der Waals surface area contributed by atoms with Crippen LogP contribution in [-0.2, 0) is 21.4 Å². The van der Waals surface area contributed by atoms with Crippen molar-refractivity contribution in [3.63, 3.8) is 0 Å². The van der Waals surface area contributed by atoms with Gasteiger partial charge in [-0.1, -0.05) is 25.3 Å². The van der Waals surface area contributed by atoms with Crippen molar-refractivity contribution >= 4 is 43.4 Å². The smallest absolute Gasteiger partial charge is 0.227 e. The number of nitrogens with zero attached hydrogens (tertiary/aromatic N) is 3. The first-order chi connectivity index (χ1) is 22.2. The molecule has 0 radical (unpaired) electrons. The quantitative estimate of drug-likeness (QED) is 0.149. The van der Waals surface area contributed by atoms with Gasteiger partial charge in [0.25, 0.3) is 0 Å². The Balaban J connectivity index is 1.21. The monoisotopic (exact) mass is 637 g/mol. The molecule has 4 aromatic heterocycles. The third-order valence-corrected chi connectivity index (χ3v) is 9.12. The number of hydrogen-bond acceptors (Lipinski definition) is 6. The fourth-order valence-electron chi connectivity index (χ4n) is 6.19. The first-order valence-corrected chi connectivity index (χ1v) is 17.1. The van der Waals surface area contributed by atoms with Crippen molar-refractivity contribution in [2.45, 2.75) is 38.6 Å². The van der Waals surface area contributed by atoms with Crippen molar-refractivity contribution in [3.05, 3.63) is 84.6 Å². The molecule has 2 aromatic carbocycles. The maximum absolute atomic E-state index is 14.6. The van der Waals surface area contributed by atoms with Crippen LogP contribution in [0, 0.1) is 11.7 Å². The van der Waals surface area contributed by atoms with Crippen LogP contribution in [0.15, 0.2) is 73.2 Å². The Bertz CT molecular complexity index is 2200. The maximum Gasteiger partial charge on any atom is 0.227 e. The number of amides is 1. The average Bonchev–Trinajstić information content (AvgIpc) is 3.68. The van der Waals surface area contributed by atoms with Crippen molar-refractivity contribution < 1.29 is 17.6 Å². The van der Waals surface area contributed by atoms with Gasteiger partial charge in [-0.15, -0.1) is 0 Å². The van der Waals surface area contributed by atoms with E-state index in [-0.39, 0.29) is 18.4 Å². The number of nitrogens with one attached hydrogen (secondary N) is 4. The van der Waals surface area contributed by atoms with Gasteiger partial charge in [0.05, 0.1) is 35.0 Å². The van der Waals surface area contributed by atoms with Gasteiger partial charge >= 0.3 is 0 Å². The number of halogens is 1. The van der Waals surface area contributed by atoms with Gasteiger partial charge in [0.2, 0.25) is 15.9 Å². The van der Waals surface area contributed by atoms with E-state index < -0.39 is 15.8 Å². The van der Waals surface area contributed by atoms with Gasteiger partial charge in [-0.05, 0) is 72.5 Å². The van der Waals surface area contributed by atoms with Crippen LogP contribution in [0.1, 0.15) is 37.7 Å². The minimum Gasteiger partial charge on any atom is -0.353 e. The van der Waals surface area contributed by atoms with Crippen molar-refractivity contribution in [2.75, 3.05) is 11.6 Å². The summed E-state index contributed by atoms with van der Waals surface area (Å²) in [5.74, 6) is -0.386. The molecule has 1 amide bonds. The summed E-state index contributed by atoms with van der Waals surface area (Å²) >= 11 is 0. The van der Waals surface area contributed by atoms with Crippen LogP contribution in [-0.4, -0.2) is 45.7 Å². The van der Waals surface area contributed by atoms with Crippen molar-refractivity contribution in [1.29, 1.82) is 0 Å². The van der Waals surface area contributed by atoms with Crippen LogP contribution < -0.4 is 10.0 Å². The fraction of sp³-hybridized carbons (Fsp3) is 0.235. The second-order valence-corrected chi connectivity index (χ2v) is 13.7. The van der Waals surface area contributed by atoms with E-state index in [0.717, 1.165) is 70.6 Å². The molecule has 0 bridgehead atoms. The molecular formula is C34H32FN7O3S. The van der Waals surface area contributed by atoms with Crippen molar-refractivity contribution in [3.8, 4) is 33.8 Å². The number of carbonyl (C=O) groups excluding carboxylic acids is 1. The summed E-state index contributed by atoms with van der Waals surface area (Å²) in [6.07, 6.45) is 11.4. The summed E-state index contributed by atoms with van der Waals surface area (Å²) in [6, 6.07) is 16.1. The minimum atomic E-state index is -3.44. The van der Waals surface area contributed by atoms with E-state index in [1.165, 1.54) is 18.6 Å². The van der Waals surface area contributed by atoms with E-state index in [1.54, 1.807) is 24.7 Å². The molecule has 0 aliphatic heterocycles. The predicted octanol–water partition coefficient (Wildman–Crippen LogP) is 6.54. The van der Waals surface area contributed by atoms with Gasteiger partial charge in [0.15, 0.2) is 0 Å². The number of hydrogen-bond donors (Lipinski definition) is 4. The SMILES string of the molecule is CS(=O)(=O)NCc1cc(F)cc(-c2nccc3[nH]c(-c4n[nH]c5ccc(-c6cncc(NC(=O)C7CCCCC7)c6)cc45)cc23)c1. The van der Waals surface area contributed by atoms with Crippen LogP contribution in [0.4, 0.5) is 10.1 Å². The topological polar surface area (TPSA) is 146 Å². The number of anilines is 1. The molecule has 0 atom stereocenters. The largest absolute Gasteiger partial charge is 0.353 e. The average molecular weight is 638 g/mol. The summed E-state index contributed by atoms with van der Waals surface area (Å²) in [6.45, 7) is -0.0368. The molecule has 1 aliphatic carbocycles. The summed E-state index contributed by atoms with van der Waals surface area (Å²) in [5, 5.41) is 12.4. The molecule has 7 rings (SSSR count). The maximum atomic E-state index is 14.6. The normalized spacial score (nSPS) is 14.2. The zero-order valence-corrected chi connectivity index (χ0v) is 25.9. The number of carbonyl (C=O) groups is 1. The molecule has 1 aliphatic rings. The molecule has 234 valence electrons. The molecule has 0 saturated heterocycles. The van der Waals surface area contributed by atoms with E-state index in [9.17, 15) is 17.6 Å². The van der Waals surface area contributed by atoms with E-state index in [0.29, 0.717) is 28.2 Å². The first-order valence-electron chi connectivity index (χ1n) is 15.2. The van der Waals surface area contributed by atoms with Crippen LogP contribution in [0.2, 0.25) is 0 Å². The zero-order chi connectivity index (χ0) is 31.8. The highest BCUT2D eigenvalue weighted by molar-refractivity contribution is 7.88. The van der Waals surface area contributed by atoms with E-state index in [2.05, 4.69) is 35.2 Å². The Morgan fingerprint density at radius 1 is 0.913 bits per heavy atom. The Hall–Kier alpha value is -4.94. The fourth-order valence-corrected chi connectivity index (χ4v) is 6.62. The molecule has 4 N–H and O–H groups in total. The third-order valence-electron chi connectivity index (χ3n) is 8.45. The molecule has 10 nitrogen and oxygen atoms in total. The number of aromatic amines is 2. The number of H-pyrrole nitrogens is 2. The number of pyridine rings is 2. The van der Waals surface area contributed by atoms with E-state index >= 15 is 0 Å². The van der Waals surface area contributed by atoms with Crippen LogP contribution in [0.25, 0.3) is 55.6 Å². The summed E-state index contributed by atoms with van der Waals surface area (Å²) < 4.78 is 40.2. The van der Waals surface area contributed by atoms with Gasteiger partial charge < -0.3 is 10.3 Å². The highest BCUT2D eigenvalue weighted by Crippen LogP contribution is 2.35. The van der Waals surface area contributed by atoms with Gasteiger partial charge in [0, 0.05) is 52.3 Å². The Labute approximate surface area is 264 Å². The Morgan fingerprint density at radius 3 is 2.57 bits per heavy atom. The predicted molar refractivity (Wildman–Crippen MR) is 177 cm³/mol. The highest BCUT2D eigenvalue weighted by atomic mass is 32.2. The van der Waals surface area contributed by atoms with E-state index in [1.807, 2.05) is 36.4 Å². The van der Waals surface area contributed by atoms with Crippen molar-refractivity contribution in [1.82, 2.24) is 29.9 Å². The minimum absolute atomic E-state index is 0.0368. The molecule has 0 unspecified atom stereocenters. The second kappa shape index (κ2) is 12.1. The molecule has 0 spiro atoms. The zero-order valence-electron chi connectivity index (χ0n) is 25.1. The van der Waals surface area contributed by atoms with Gasteiger partial charge in [-0.3, -0.25) is 19.9 Å².